The summed E-state index contributed by atoms with van der Waals surface area (Å²) >= 11 is 0. The highest BCUT2D eigenvalue weighted by Crippen LogP contribution is 2.50. The van der Waals surface area contributed by atoms with Gasteiger partial charge in [-0.3, -0.25) is 9.48 Å². The molecule has 0 radical (unpaired) electrons. The van der Waals surface area contributed by atoms with Crippen LogP contribution in [0.15, 0.2) is 30.3 Å². The van der Waals surface area contributed by atoms with Crippen LogP contribution in [0.5, 0.6) is 0 Å². The molecule has 1 aromatic carbocycles. The normalized spacial score (nSPS) is 16.9. The van der Waals surface area contributed by atoms with E-state index in [0.717, 1.165) is 35.3 Å². The minimum absolute atomic E-state index is 0.211. The molecule has 2 aliphatic rings. The van der Waals surface area contributed by atoms with Crippen LogP contribution in [0.25, 0.3) is 0 Å². The second-order valence-electron chi connectivity index (χ2n) is 8.11. The molecule has 2 saturated carbocycles. The zero-order valence-electron chi connectivity index (χ0n) is 15.9. The number of rotatable bonds is 8. The van der Waals surface area contributed by atoms with Gasteiger partial charge in [-0.15, -0.1) is 0 Å². The average molecular weight is 351 g/mol. The highest BCUT2D eigenvalue weighted by Gasteiger charge is 2.42. The highest BCUT2D eigenvalue weighted by molar-refractivity contribution is 5.76. The fourth-order valence-corrected chi connectivity index (χ4v) is 4.14. The molecule has 0 bridgehead atoms. The molecule has 0 atom stereocenters. The van der Waals surface area contributed by atoms with Gasteiger partial charge in [0.25, 0.3) is 0 Å². The molecule has 138 valence electrons. The first kappa shape index (κ1) is 17.3. The van der Waals surface area contributed by atoms with Gasteiger partial charge in [-0.1, -0.05) is 30.3 Å². The van der Waals surface area contributed by atoms with Crippen molar-refractivity contribution in [1.29, 1.82) is 0 Å². The van der Waals surface area contributed by atoms with Gasteiger partial charge in [0.05, 0.1) is 12.2 Å². The van der Waals surface area contributed by atoms with Gasteiger partial charge >= 0.3 is 0 Å². The van der Waals surface area contributed by atoms with Crippen molar-refractivity contribution in [2.24, 2.45) is 17.8 Å². The van der Waals surface area contributed by atoms with Crippen molar-refractivity contribution in [3.8, 4) is 0 Å². The number of amides is 1. The lowest BCUT2D eigenvalue weighted by atomic mass is 9.94. The van der Waals surface area contributed by atoms with E-state index in [1.807, 2.05) is 17.7 Å². The van der Waals surface area contributed by atoms with Crippen molar-refractivity contribution in [2.45, 2.75) is 59.0 Å². The van der Waals surface area contributed by atoms with Crippen LogP contribution in [0, 0.1) is 31.6 Å². The second-order valence-corrected chi connectivity index (χ2v) is 8.11. The molecule has 4 nitrogen and oxygen atoms in total. The molecule has 26 heavy (non-hydrogen) atoms. The van der Waals surface area contributed by atoms with Crippen molar-refractivity contribution in [3.63, 3.8) is 0 Å². The molecule has 0 saturated heterocycles. The van der Waals surface area contributed by atoms with Crippen molar-refractivity contribution in [1.82, 2.24) is 15.1 Å². The van der Waals surface area contributed by atoms with Gasteiger partial charge in [0.15, 0.2) is 0 Å². The summed E-state index contributed by atoms with van der Waals surface area (Å²) in [6.07, 6.45) is 6.04. The minimum Gasteiger partial charge on any atom is -0.352 e. The summed E-state index contributed by atoms with van der Waals surface area (Å²) in [5.74, 6) is 2.50. The standard InChI is InChI=1S/C22H29N3O/c1-15-21(16(2)25(24-15)14-17-6-4-3-5-7-17)13-23-22(26)12-20(18-8-9-18)19-10-11-19/h3-7,18-20H,8-14H2,1-2H3,(H,23,26). The van der Waals surface area contributed by atoms with E-state index in [0.29, 0.717) is 18.9 Å². The second kappa shape index (κ2) is 7.26. The number of benzene rings is 1. The zero-order valence-corrected chi connectivity index (χ0v) is 15.9. The number of hydrogen-bond acceptors (Lipinski definition) is 2. The van der Waals surface area contributed by atoms with E-state index in [4.69, 9.17) is 0 Å². The van der Waals surface area contributed by atoms with E-state index in [1.54, 1.807) is 0 Å². The van der Waals surface area contributed by atoms with Crippen molar-refractivity contribution in [2.75, 3.05) is 0 Å². The Balaban J connectivity index is 1.36. The topological polar surface area (TPSA) is 46.9 Å². The summed E-state index contributed by atoms with van der Waals surface area (Å²) in [6, 6.07) is 10.4. The zero-order chi connectivity index (χ0) is 18.1. The molecule has 0 spiro atoms. The summed E-state index contributed by atoms with van der Waals surface area (Å²) in [5, 5.41) is 7.85. The van der Waals surface area contributed by atoms with Crippen LogP contribution in [0.1, 0.15) is 54.6 Å². The first-order valence-electron chi connectivity index (χ1n) is 9.95. The SMILES string of the molecule is Cc1nn(Cc2ccccc2)c(C)c1CNC(=O)CC(C1CC1)C1CC1. The minimum atomic E-state index is 0.211. The summed E-state index contributed by atoms with van der Waals surface area (Å²) in [6.45, 7) is 5.50. The van der Waals surface area contributed by atoms with Gasteiger partial charge < -0.3 is 5.32 Å². The lowest BCUT2D eigenvalue weighted by Crippen LogP contribution is -2.27. The summed E-state index contributed by atoms with van der Waals surface area (Å²) in [4.78, 5) is 12.5. The van der Waals surface area contributed by atoms with E-state index in [9.17, 15) is 4.79 Å². The molecule has 1 heterocycles. The number of carbonyl (C=O) groups excluding carboxylic acids is 1. The molecule has 2 fully saturated rings. The van der Waals surface area contributed by atoms with Crippen LogP contribution in [0.3, 0.4) is 0 Å². The molecule has 0 aliphatic heterocycles. The molecule has 4 heteroatoms. The summed E-state index contributed by atoms with van der Waals surface area (Å²) in [5.41, 5.74) is 4.56. The number of carbonyl (C=O) groups is 1. The molecule has 1 aromatic heterocycles. The lowest BCUT2D eigenvalue weighted by Gasteiger charge is -2.15. The Labute approximate surface area is 156 Å². The Morgan fingerprint density at radius 1 is 1.15 bits per heavy atom. The van der Waals surface area contributed by atoms with E-state index < -0.39 is 0 Å². The highest BCUT2D eigenvalue weighted by atomic mass is 16.1. The Bertz CT molecular complexity index is 760. The maximum absolute atomic E-state index is 12.5. The molecule has 2 aliphatic carbocycles. The Morgan fingerprint density at radius 3 is 2.42 bits per heavy atom. The third-order valence-electron chi connectivity index (χ3n) is 6.04. The fraction of sp³-hybridized carbons (Fsp3) is 0.545. The van der Waals surface area contributed by atoms with Gasteiger partial charge in [-0.25, -0.2) is 0 Å². The van der Waals surface area contributed by atoms with Crippen molar-refractivity contribution < 1.29 is 4.79 Å². The maximum atomic E-state index is 12.5. The Kier molecular flexibility index (Phi) is 4.84. The molecule has 1 amide bonds. The quantitative estimate of drug-likeness (QED) is 0.782. The van der Waals surface area contributed by atoms with Gasteiger partial charge in [0.2, 0.25) is 5.91 Å². The molecule has 0 unspecified atom stereocenters. The van der Waals surface area contributed by atoms with Gasteiger partial charge in [0.1, 0.15) is 0 Å². The van der Waals surface area contributed by atoms with Crippen LogP contribution < -0.4 is 5.32 Å². The lowest BCUT2D eigenvalue weighted by molar-refractivity contribution is -0.122. The Hall–Kier alpha value is -2.10. The number of aryl methyl sites for hydroxylation is 1. The molecule has 2 aromatic rings. The molecule has 1 N–H and O–H groups in total. The first-order valence-corrected chi connectivity index (χ1v) is 9.95. The van der Waals surface area contributed by atoms with Gasteiger partial charge in [-0.2, -0.15) is 5.10 Å². The van der Waals surface area contributed by atoms with E-state index >= 15 is 0 Å². The predicted octanol–water partition coefficient (Wildman–Crippen LogP) is 3.99. The maximum Gasteiger partial charge on any atom is 0.220 e. The average Bonchev–Trinajstić information content (AvgIpc) is 3.54. The van der Waals surface area contributed by atoms with Crippen LogP contribution in [0.4, 0.5) is 0 Å². The van der Waals surface area contributed by atoms with Crippen molar-refractivity contribution in [3.05, 3.63) is 52.8 Å². The molecular formula is C22H29N3O. The van der Waals surface area contributed by atoms with E-state index in [-0.39, 0.29) is 5.91 Å². The molecule has 4 rings (SSSR count). The number of hydrogen-bond donors (Lipinski definition) is 1. The molecular weight excluding hydrogens is 322 g/mol. The third kappa shape index (κ3) is 4.00. The number of nitrogens with one attached hydrogen (secondary N) is 1. The monoisotopic (exact) mass is 351 g/mol. The van der Waals surface area contributed by atoms with Crippen molar-refractivity contribution >= 4 is 5.91 Å². The van der Waals surface area contributed by atoms with Crippen LogP contribution >= 0.6 is 0 Å². The largest absolute Gasteiger partial charge is 0.352 e. The van der Waals surface area contributed by atoms with Gasteiger partial charge in [-0.05, 0) is 62.8 Å². The Morgan fingerprint density at radius 2 is 1.81 bits per heavy atom. The summed E-state index contributed by atoms with van der Waals surface area (Å²) < 4.78 is 2.04. The fourth-order valence-electron chi connectivity index (χ4n) is 4.14. The van der Waals surface area contributed by atoms with Gasteiger partial charge in [0, 0.05) is 24.2 Å². The van der Waals surface area contributed by atoms with Crippen LogP contribution in [-0.2, 0) is 17.9 Å². The van der Waals surface area contributed by atoms with Crippen LogP contribution in [0.2, 0.25) is 0 Å². The third-order valence-corrected chi connectivity index (χ3v) is 6.04. The van der Waals surface area contributed by atoms with E-state index in [1.165, 1.54) is 31.2 Å². The van der Waals surface area contributed by atoms with Crippen LogP contribution in [-0.4, -0.2) is 15.7 Å². The summed E-state index contributed by atoms with van der Waals surface area (Å²) in [7, 11) is 0. The predicted molar refractivity (Wildman–Crippen MR) is 103 cm³/mol. The first-order chi connectivity index (χ1) is 12.6. The van der Waals surface area contributed by atoms with E-state index in [2.05, 4.69) is 41.6 Å². The number of aromatic nitrogens is 2. The number of nitrogens with zero attached hydrogens (tertiary/aromatic N) is 2. The smallest absolute Gasteiger partial charge is 0.220 e.